The second-order valence-corrected chi connectivity index (χ2v) is 13.2. The van der Waals surface area contributed by atoms with Crippen LogP contribution in [0.3, 0.4) is 0 Å². The Bertz CT molecular complexity index is 2840. The van der Waals surface area contributed by atoms with Gasteiger partial charge in [0.25, 0.3) is 0 Å². The zero-order valence-electron chi connectivity index (χ0n) is 27.3. The Hall–Kier alpha value is -6.51. The summed E-state index contributed by atoms with van der Waals surface area (Å²) in [7, 11) is 0. The number of hydrogen-bond donors (Lipinski definition) is 1. The molecule has 0 bridgehead atoms. The molecule has 0 aromatic heterocycles. The first-order valence-electron chi connectivity index (χ1n) is 17.2. The fourth-order valence-electron chi connectivity index (χ4n) is 7.91. The summed E-state index contributed by atoms with van der Waals surface area (Å²) >= 11 is 0. The quantitative estimate of drug-likeness (QED) is 0.151. The van der Waals surface area contributed by atoms with E-state index in [4.69, 9.17) is 4.99 Å². The summed E-state index contributed by atoms with van der Waals surface area (Å²) in [5.74, 6) is 0.873. The molecule has 2 nitrogen and oxygen atoms in total. The highest BCUT2D eigenvalue weighted by Gasteiger charge is 2.22. The third-order valence-electron chi connectivity index (χ3n) is 10.2. The van der Waals surface area contributed by atoms with E-state index in [1.54, 1.807) is 0 Å². The Labute approximate surface area is 290 Å². The third kappa shape index (κ3) is 4.69. The molecule has 1 N–H and O–H groups in total. The van der Waals surface area contributed by atoms with Crippen molar-refractivity contribution in [3.05, 3.63) is 199 Å². The SMILES string of the molecule is C1=C(c2cccc(-c3c4ccccc4cc4c3ccc3ccccc34)c2)NC(c2ccccc2)=NC1c1cccc2ccc3ccccc3c12. The van der Waals surface area contributed by atoms with Crippen molar-refractivity contribution in [2.24, 2.45) is 4.99 Å². The topological polar surface area (TPSA) is 24.4 Å². The normalized spacial score (nSPS) is 14.6. The number of aliphatic imine (C=N–C) groups is 1. The van der Waals surface area contributed by atoms with E-state index in [1.165, 1.54) is 70.6 Å². The average Bonchev–Trinajstić information content (AvgIpc) is 3.19. The van der Waals surface area contributed by atoms with Gasteiger partial charge >= 0.3 is 0 Å². The largest absolute Gasteiger partial charge is 0.340 e. The van der Waals surface area contributed by atoms with Crippen LogP contribution in [0.1, 0.15) is 22.7 Å². The van der Waals surface area contributed by atoms with E-state index in [1.807, 2.05) is 0 Å². The van der Waals surface area contributed by atoms with Crippen LogP contribution in [0, 0.1) is 0 Å². The molecule has 0 saturated carbocycles. The van der Waals surface area contributed by atoms with E-state index in [-0.39, 0.29) is 6.04 Å². The summed E-state index contributed by atoms with van der Waals surface area (Å²) in [6, 6.07) is 63.4. The highest BCUT2D eigenvalue weighted by molar-refractivity contribution is 6.20. The molecular weight excluding hydrogens is 605 g/mol. The lowest BCUT2D eigenvalue weighted by Crippen LogP contribution is -2.27. The number of hydrogen-bond acceptors (Lipinski definition) is 2. The van der Waals surface area contributed by atoms with Crippen molar-refractivity contribution in [3.63, 3.8) is 0 Å². The summed E-state index contributed by atoms with van der Waals surface area (Å²) in [6.07, 6.45) is 2.30. The van der Waals surface area contributed by atoms with Crippen molar-refractivity contribution in [1.82, 2.24) is 5.32 Å². The molecule has 1 unspecified atom stereocenters. The Balaban J connectivity index is 1.18. The summed E-state index contributed by atoms with van der Waals surface area (Å²) < 4.78 is 0. The second-order valence-electron chi connectivity index (χ2n) is 13.2. The molecule has 234 valence electrons. The molecule has 1 atom stereocenters. The molecule has 2 heteroatoms. The standard InChI is InChI=1S/C48H32N2/c1-2-14-34(15-3-1)48-49-44(30-45(50-48)42-23-11-17-33-25-24-32-13-5-8-21-39(32)46(33)42)36-18-10-19-37(28-36)47-40-22-9-6-16-35(40)29-43-38-20-7-4-12-31(38)26-27-41(43)47/h1-30,45H,(H,49,50). The van der Waals surface area contributed by atoms with Crippen LogP contribution in [0.5, 0.6) is 0 Å². The molecular formula is C48H32N2. The molecule has 1 aliphatic heterocycles. The first-order valence-corrected chi connectivity index (χ1v) is 17.2. The van der Waals surface area contributed by atoms with Crippen molar-refractivity contribution in [2.45, 2.75) is 6.04 Å². The van der Waals surface area contributed by atoms with Gasteiger partial charge in [0.2, 0.25) is 0 Å². The van der Waals surface area contributed by atoms with E-state index in [9.17, 15) is 0 Å². The molecule has 9 aromatic carbocycles. The lowest BCUT2D eigenvalue weighted by atomic mass is 9.88. The fraction of sp³-hybridized carbons (Fsp3) is 0.0208. The predicted molar refractivity (Wildman–Crippen MR) is 213 cm³/mol. The molecule has 0 spiro atoms. The number of nitrogens with zero attached hydrogens (tertiary/aromatic N) is 1. The van der Waals surface area contributed by atoms with Gasteiger partial charge in [-0.25, -0.2) is 0 Å². The smallest absolute Gasteiger partial charge is 0.133 e. The van der Waals surface area contributed by atoms with Crippen LogP contribution in [0.15, 0.2) is 187 Å². The number of fused-ring (bicyclic) bond motifs is 7. The minimum Gasteiger partial charge on any atom is -0.340 e. The number of benzene rings is 9. The molecule has 0 radical (unpaired) electrons. The van der Waals surface area contributed by atoms with Gasteiger partial charge in [0.15, 0.2) is 0 Å². The molecule has 1 aliphatic rings. The van der Waals surface area contributed by atoms with Crippen LogP contribution < -0.4 is 5.32 Å². The third-order valence-corrected chi connectivity index (χ3v) is 10.2. The lowest BCUT2D eigenvalue weighted by Gasteiger charge is -2.25. The number of nitrogens with one attached hydrogen (secondary N) is 1. The van der Waals surface area contributed by atoms with Gasteiger partial charge in [-0.15, -0.1) is 0 Å². The van der Waals surface area contributed by atoms with Crippen LogP contribution in [0.25, 0.3) is 70.7 Å². The number of amidine groups is 1. The summed E-state index contributed by atoms with van der Waals surface area (Å²) in [5.41, 5.74) is 6.90. The van der Waals surface area contributed by atoms with Crippen LogP contribution in [-0.4, -0.2) is 5.84 Å². The van der Waals surface area contributed by atoms with Crippen molar-refractivity contribution < 1.29 is 0 Å². The van der Waals surface area contributed by atoms with Gasteiger partial charge < -0.3 is 5.32 Å². The average molecular weight is 637 g/mol. The van der Waals surface area contributed by atoms with E-state index < -0.39 is 0 Å². The lowest BCUT2D eigenvalue weighted by molar-refractivity contribution is 0.889. The van der Waals surface area contributed by atoms with Crippen LogP contribution in [0.4, 0.5) is 0 Å². The molecule has 0 fully saturated rings. The second kappa shape index (κ2) is 11.6. The minimum atomic E-state index is -0.177. The fourth-order valence-corrected chi connectivity index (χ4v) is 7.91. The Morgan fingerprint density at radius 2 is 1.02 bits per heavy atom. The molecule has 0 saturated heterocycles. The first-order chi connectivity index (χ1) is 24.8. The number of rotatable bonds is 4. The molecule has 50 heavy (non-hydrogen) atoms. The van der Waals surface area contributed by atoms with E-state index >= 15 is 0 Å². The highest BCUT2D eigenvalue weighted by atomic mass is 15.0. The van der Waals surface area contributed by atoms with Gasteiger partial charge in [-0.2, -0.15) is 0 Å². The van der Waals surface area contributed by atoms with Crippen molar-refractivity contribution in [1.29, 1.82) is 0 Å². The summed E-state index contributed by atoms with van der Waals surface area (Å²) in [4.78, 5) is 5.38. The highest BCUT2D eigenvalue weighted by Crippen LogP contribution is 2.41. The maximum atomic E-state index is 5.38. The van der Waals surface area contributed by atoms with E-state index in [0.29, 0.717) is 0 Å². The van der Waals surface area contributed by atoms with Crippen LogP contribution in [-0.2, 0) is 0 Å². The van der Waals surface area contributed by atoms with Crippen molar-refractivity contribution >= 4 is 65.4 Å². The maximum Gasteiger partial charge on any atom is 0.133 e. The van der Waals surface area contributed by atoms with Gasteiger partial charge in [0, 0.05) is 11.3 Å². The van der Waals surface area contributed by atoms with Gasteiger partial charge in [-0.3, -0.25) is 4.99 Å². The van der Waals surface area contributed by atoms with Crippen LogP contribution >= 0.6 is 0 Å². The maximum absolute atomic E-state index is 5.38. The Kier molecular flexibility index (Phi) is 6.60. The van der Waals surface area contributed by atoms with Crippen LogP contribution in [0.2, 0.25) is 0 Å². The minimum absolute atomic E-state index is 0.177. The molecule has 0 aliphatic carbocycles. The van der Waals surface area contributed by atoms with E-state index in [0.717, 1.165) is 22.7 Å². The van der Waals surface area contributed by atoms with Crippen molar-refractivity contribution in [3.8, 4) is 11.1 Å². The monoisotopic (exact) mass is 636 g/mol. The zero-order valence-corrected chi connectivity index (χ0v) is 27.3. The van der Waals surface area contributed by atoms with Gasteiger partial charge in [-0.1, -0.05) is 164 Å². The van der Waals surface area contributed by atoms with Crippen molar-refractivity contribution in [2.75, 3.05) is 0 Å². The van der Waals surface area contributed by atoms with Gasteiger partial charge in [0.1, 0.15) is 5.84 Å². The summed E-state index contributed by atoms with van der Waals surface area (Å²) in [5, 5.41) is 16.3. The first kappa shape index (κ1) is 28.5. The van der Waals surface area contributed by atoms with E-state index in [2.05, 4.69) is 187 Å². The van der Waals surface area contributed by atoms with Gasteiger partial charge in [0.05, 0.1) is 6.04 Å². The predicted octanol–water partition coefficient (Wildman–Crippen LogP) is 12.3. The molecule has 9 aromatic rings. The molecule has 0 amide bonds. The Morgan fingerprint density at radius 3 is 1.88 bits per heavy atom. The zero-order chi connectivity index (χ0) is 33.0. The molecule has 1 heterocycles. The molecule has 10 rings (SSSR count). The van der Waals surface area contributed by atoms with Gasteiger partial charge in [-0.05, 0) is 94.3 Å². The Morgan fingerprint density at radius 1 is 0.400 bits per heavy atom. The summed E-state index contributed by atoms with van der Waals surface area (Å²) in [6.45, 7) is 0.